The molecular formula is C35H68N2O. The van der Waals surface area contributed by atoms with Crippen LogP contribution < -0.4 is 0 Å². The van der Waals surface area contributed by atoms with Crippen LogP contribution in [-0.4, -0.2) is 47.9 Å². The Hall–Kier alpha value is -1.09. The first-order valence-corrected chi connectivity index (χ1v) is 16.9. The monoisotopic (exact) mass is 533 g/mol. The van der Waals surface area contributed by atoms with Gasteiger partial charge in [0.15, 0.2) is 0 Å². The summed E-state index contributed by atoms with van der Waals surface area (Å²) in [6, 6.07) is -0.119. The van der Waals surface area contributed by atoms with Crippen molar-refractivity contribution in [2.75, 3.05) is 26.2 Å². The van der Waals surface area contributed by atoms with E-state index in [1.54, 1.807) is 0 Å². The molecule has 0 N–H and O–H groups in total. The minimum Gasteiger partial charge on any atom is -0.341 e. The Morgan fingerprint density at radius 1 is 0.553 bits per heavy atom. The molecule has 0 aliphatic carbocycles. The van der Waals surface area contributed by atoms with Gasteiger partial charge in [0, 0.05) is 26.2 Å². The number of carbonyl (C=O) groups excluding carboxylic acids is 1. The van der Waals surface area contributed by atoms with E-state index < -0.39 is 0 Å². The molecule has 3 heteroatoms. The maximum atomic E-state index is 13.5. The van der Waals surface area contributed by atoms with E-state index in [0.717, 1.165) is 39.0 Å². The van der Waals surface area contributed by atoms with Gasteiger partial charge >= 0.3 is 0 Å². The maximum absolute atomic E-state index is 13.5. The second kappa shape index (κ2) is 28.9. The number of rotatable bonds is 30. The molecule has 0 saturated carbocycles. The number of hydrogen-bond acceptors (Lipinski definition) is 2. The second-order valence-corrected chi connectivity index (χ2v) is 11.6. The Morgan fingerprint density at radius 3 is 1.13 bits per heavy atom. The van der Waals surface area contributed by atoms with E-state index in [9.17, 15) is 4.79 Å². The van der Waals surface area contributed by atoms with Gasteiger partial charge in [0.2, 0.25) is 5.91 Å². The highest BCUT2D eigenvalue weighted by Crippen LogP contribution is 2.15. The molecule has 3 nitrogen and oxygen atoms in total. The molecule has 0 heterocycles. The Morgan fingerprint density at radius 2 is 0.842 bits per heavy atom. The molecular weight excluding hydrogens is 464 g/mol. The normalized spacial score (nSPS) is 12.1. The molecule has 0 fully saturated rings. The zero-order valence-corrected chi connectivity index (χ0v) is 26.3. The molecule has 0 aromatic heterocycles. The summed E-state index contributed by atoms with van der Waals surface area (Å²) in [6.07, 6.45) is 33.3. The van der Waals surface area contributed by atoms with Crippen LogP contribution in [-0.2, 0) is 4.79 Å². The first kappa shape index (κ1) is 36.9. The fraction of sp³-hybridized carbons (Fsp3) is 0.857. The third kappa shape index (κ3) is 21.8. The van der Waals surface area contributed by atoms with Crippen LogP contribution >= 0.6 is 0 Å². The van der Waals surface area contributed by atoms with Gasteiger partial charge in [-0.3, -0.25) is 9.69 Å². The zero-order chi connectivity index (χ0) is 28.1. The van der Waals surface area contributed by atoms with Crippen LogP contribution in [0.1, 0.15) is 162 Å². The lowest BCUT2D eigenvalue weighted by atomic mass is 10.0. The molecule has 0 aromatic rings. The molecule has 0 saturated heterocycles. The number of nitrogens with zero attached hydrogens (tertiary/aromatic N) is 2. The first-order valence-electron chi connectivity index (χ1n) is 16.9. The average Bonchev–Trinajstić information content (AvgIpc) is 2.92. The molecule has 0 bridgehead atoms. The topological polar surface area (TPSA) is 23.6 Å². The lowest BCUT2D eigenvalue weighted by Crippen LogP contribution is -2.48. The average molecular weight is 533 g/mol. The molecule has 224 valence electrons. The number of unbranched alkanes of at least 4 members (excludes halogenated alkanes) is 20. The molecule has 0 aliphatic heterocycles. The minimum absolute atomic E-state index is 0.119. The van der Waals surface area contributed by atoms with E-state index in [4.69, 9.17) is 0 Å². The first-order chi connectivity index (χ1) is 18.6. The highest BCUT2D eigenvalue weighted by molar-refractivity contribution is 5.81. The van der Waals surface area contributed by atoms with Crippen molar-refractivity contribution in [3.63, 3.8) is 0 Å². The van der Waals surface area contributed by atoms with Crippen molar-refractivity contribution in [2.45, 2.75) is 168 Å². The van der Waals surface area contributed by atoms with Gasteiger partial charge in [-0.05, 0) is 19.8 Å². The summed E-state index contributed by atoms with van der Waals surface area (Å²) in [7, 11) is 0. The summed E-state index contributed by atoms with van der Waals surface area (Å²) in [5, 5.41) is 0. The van der Waals surface area contributed by atoms with Crippen molar-refractivity contribution < 1.29 is 4.79 Å². The van der Waals surface area contributed by atoms with Gasteiger partial charge in [0.1, 0.15) is 0 Å². The van der Waals surface area contributed by atoms with Gasteiger partial charge < -0.3 is 4.90 Å². The quantitative estimate of drug-likeness (QED) is 0.0678. The summed E-state index contributed by atoms with van der Waals surface area (Å²) in [5.41, 5.74) is 0. The molecule has 0 rings (SSSR count). The summed E-state index contributed by atoms with van der Waals surface area (Å²) >= 11 is 0. The van der Waals surface area contributed by atoms with Gasteiger partial charge in [0.25, 0.3) is 0 Å². The number of amides is 1. The van der Waals surface area contributed by atoms with Crippen molar-refractivity contribution in [1.29, 1.82) is 0 Å². The molecule has 0 spiro atoms. The lowest BCUT2D eigenvalue weighted by molar-refractivity contribution is -0.136. The number of hydrogen-bond donors (Lipinski definition) is 0. The van der Waals surface area contributed by atoms with Crippen molar-refractivity contribution in [3.05, 3.63) is 25.3 Å². The van der Waals surface area contributed by atoms with Crippen LogP contribution in [0.3, 0.4) is 0 Å². The lowest BCUT2D eigenvalue weighted by Gasteiger charge is -2.32. The van der Waals surface area contributed by atoms with E-state index in [1.165, 1.54) is 128 Å². The smallest absolute Gasteiger partial charge is 0.239 e. The van der Waals surface area contributed by atoms with Crippen LogP contribution in [0.2, 0.25) is 0 Å². The molecule has 0 aliphatic rings. The zero-order valence-electron chi connectivity index (χ0n) is 26.3. The highest BCUT2D eigenvalue weighted by atomic mass is 16.2. The standard InChI is InChI=1S/C35H68N2O/c1-6-10-12-14-16-18-20-21-23-25-27-29-33-37(35(38)34(5)36(30-8-3)31-9-4)32-28-26-24-22-19-17-15-13-11-7-2/h8-9,34H,3-4,6-7,10-33H2,1-2,5H3. The maximum Gasteiger partial charge on any atom is 0.239 e. The molecule has 0 radical (unpaired) electrons. The Labute approximate surface area is 239 Å². The van der Waals surface area contributed by atoms with E-state index in [2.05, 4.69) is 43.7 Å². The van der Waals surface area contributed by atoms with Crippen LogP contribution in [0.25, 0.3) is 0 Å². The summed E-state index contributed by atoms with van der Waals surface area (Å²) in [6.45, 7) is 17.7. The molecule has 1 unspecified atom stereocenters. The highest BCUT2D eigenvalue weighted by Gasteiger charge is 2.24. The summed E-state index contributed by atoms with van der Waals surface area (Å²) in [4.78, 5) is 17.8. The predicted octanol–water partition coefficient (Wildman–Crippen LogP) is 10.5. The fourth-order valence-electron chi connectivity index (χ4n) is 5.41. The van der Waals surface area contributed by atoms with Crippen LogP contribution in [0.15, 0.2) is 25.3 Å². The SMILES string of the molecule is C=CCN(CC=C)C(C)C(=O)N(CCCCCCCCCCCC)CCCCCCCCCCCCCC. The van der Waals surface area contributed by atoms with E-state index in [-0.39, 0.29) is 11.9 Å². The largest absolute Gasteiger partial charge is 0.341 e. The van der Waals surface area contributed by atoms with Crippen molar-refractivity contribution in [2.24, 2.45) is 0 Å². The van der Waals surface area contributed by atoms with Gasteiger partial charge in [-0.15, -0.1) is 13.2 Å². The third-order valence-electron chi connectivity index (χ3n) is 8.01. The van der Waals surface area contributed by atoms with Gasteiger partial charge in [0.05, 0.1) is 6.04 Å². The van der Waals surface area contributed by atoms with Crippen LogP contribution in [0.5, 0.6) is 0 Å². The Bertz CT molecular complexity index is 522. The van der Waals surface area contributed by atoms with Crippen molar-refractivity contribution >= 4 is 5.91 Å². The van der Waals surface area contributed by atoms with Crippen LogP contribution in [0, 0.1) is 0 Å². The Kier molecular flexibility index (Phi) is 28.1. The fourth-order valence-corrected chi connectivity index (χ4v) is 5.41. The predicted molar refractivity (Wildman–Crippen MR) is 171 cm³/mol. The van der Waals surface area contributed by atoms with Crippen LogP contribution in [0.4, 0.5) is 0 Å². The summed E-state index contributed by atoms with van der Waals surface area (Å²) in [5.74, 6) is 0.285. The van der Waals surface area contributed by atoms with E-state index in [0.29, 0.717) is 0 Å². The third-order valence-corrected chi connectivity index (χ3v) is 8.01. The molecule has 0 aromatic carbocycles. The van der Waals surface area contributed by atoms with Gasteiger partial charge in [-0.1, -0.05) is 154 Å². The summed E-state index contributed by atoms with van der Waals surface area (Å²) < 4.78 is 0. The molecule has 1 atom stereocenters. The molecule has 1 amide bonds. The van der Waals surface area contributed by atoms with Crippen molar-refractivity contribution in [1.82, 2.24) is 9.80 Å². The van der Waals surface area contributed by atoms with Gasteiger partial charge in [-0.25, -0.2) is 0 Å². The number of carbonyl (C=O) groups is 1. The Balaban J connectivity index is 4.35. The minimum atomic E-state index is -0.119. The van der Waals surface area contributed by atoms with E-state index in [1.807, 2.05) is 12.2 Å². The van der Waals surface area contributed by atoms with E-state index >= 15 is 0 Å². The second-order valence-electron chi connectivity index (χ2n) is 11.6. The molecule has 38 heavy (non-hydrogen) atoms. The van der Waals surface area contributed by atoms with Gasteiger partial charge in [-0.2, -0.15) is 0 Å². The van der Waals surface area contributed by atoms with Crippen molar-refractivity contribution in [3.8, 4) is 0 Å².